The van der Waals surface area contributed by atoms with Crippen LogP contribution in [0.15, 0.2) is 18.2 Å². The van der Waals surface area contributed by atoms with E-state index in [0.717, 1.165) is 0 Å². The molecule has 7 nitrogen and oxygen atoms in total. The molecule has 20 heavy (non-hydrogen) atoms. The largest absolute Gasteiger partial charge is 0.497 e. The van der Waals surface area contributed by atoms with Gasteiger partial charge in [0.15, 0.2) is 9.84 Å². The lowest BCUT2D eigenvalue weighted by atomic mass is 10.2. The maximum atomic E-state index is 11.6. The minimum atomic E-state index is -3.72. The first-order valence-electron chi connectivity index (χ1n) is 5.51. The topological polar surface area (TPSA) is 105 Å². The quantitative estimate of drug-likeness (QED) is 0.823. The Bertz CT molecular complexity index is 634. The molecule has 1 rings (SSSR count). The summed E-state index contributed by atoms with van der Waals surface area (Å²) in [5.41, 5.74) is 0.324. The molecule has 0 spiro atoms. The van der Waals surface area contributed by atoms with E-state index in [1.54, 1.807) is 12.1 Å². The summed E-state index contributed by atoms with van der Waals surface area (Å²) in [5, 5.41) is 10.8. The molecule has 0 bridgehead atoms. The van der Waals surface area contributed by atoms with E-state index in [0.29, 0.717) is 17.2 Å². The van der Waals surface area contributed by atoms with Gasteiger partial charge in [-0.3, -0.25) is 4.79 Å². The van der Waals surface area contributed by atoms with Gasteiger partial charge in [0.1, 0.15) is 23.0 Å². The van der Waals surface area contributed by atoms with E-state index in [2.05, 4.69) is 5.32 Å². The van der Waals surface area contributed by atoms with Gasteiger partial charge in [0.25, 0.3) is 0 Å². The zero-order chi connectivity index (χ0) is 15.2. The van der Waals surface area contributed by atoms with E-state index in [-0.39, 0.29) is 0 Å². The van der Waals surface area contributed by atoms with Crippen LogP contribution in [-0.2, 0) is 14.6 Å². The Morgan fingerprint density at radius 3 is 2.60 bits per heavy atom. The summed E-state index contributed by atoms with van der Waals surface area (Å²) in [6, 6.07) is 6.19. The SMILES string of the molecule is COc1ccc(NC(=O)CS(=O)(=O)CC#N)c(OC)c1. The lowest BCUT2D eigenvalue weighted by Gasteiger charge is -2.11. The van der Waals surface area contributed by atoms with Gasteiger partial charge >= 0.3 is 0 Å². The molecule has 0 aliphatic carbocycles. The first kappa shape index (κ1) is 15.8. The van der Waals surface area contributed by atoms with Gasteiger partial charge in [-0.15, -0.1) is 0 Å². The third kappa shape index (κ3) is 4.44. The molecule has 0 unspecified atom stereocenters. The van der Waals surface area contributed by atoms with Crippen LogP contribution in [0.1, 0.15) is 0 Å². The highest BCUT2D eigenvalue weighted by atomic mass is 32.2. The molecule has 1 N–H and O–H groups in total. The molecule has 8 heteroatoms. The molecule has 0 saturated carbocycles. The van der Waals surface area contributed by atoms with Gasteiger partial charge in [0.05, 0.1) is 26.0 Å². The standard InChI is InChI=1S/C12H14N2O5S/c1-18-9-3-4-10(11(7-9)19-2)14-12(15)8-20(16,17)6-5-13/h3-4,7H,6,8H2,1-2H3,(H,14,15). The molecule has 0 aliphatic heterocycles. The van der Waals surface area contributed by atoms with Crippen LogP contribution in [0.5, 0.6) is 11.5 Å². The zero-order valence-electron chi connectivity index (χ0n) is 11.0. The highest BCUT2D eigenvalue weighted by Gasteiger charge is 2.17. The van der Waals surface area contributed by atoms with Crippen LogP contribution >= 0.6 is 0 Å². The molecule has 0 aliphatic rings. The first-order chi connectivity index (χ1) is 9.41. The minimum absolute atomic E-state index is 0.324. The number of sulfone groups is 1. The average Bonchev–Trinajstić information content (AvgIpc) is 2.38. The summed E-state index contributed by atoms with van der Waals surface area (Å²) in [4.78, 5) is 11.6. The van der Waals surface area contributed by atoms with Gasteiger partial charge in [-0.1, -0.05) is 0 Å². The van der Waals surface area contributed by atoms with Gasteiger partial charge in [-0.2, -0.15) is 5.26 Å². The van der Waals surface area contributed by atoms with Gasteiger partial charge in [-0.05, 0) is 12.1 Å². The van der Waals surface area contributed by atoms with E-state index >= 15 is 0 Å². The molecule has 1 aromatic rings. The minimum Gasteiger partial charge on any atom is -0.497 e. The molecule has 0 saturated heterocycles. The second-order valence-corrected chi connectivity index (χ2v) is 5.87. The lowest BCUT2D eigenvalue weighted by Crippen LogP contribution is -2.24. The van der Waals surface area contributed by atoms with Gasteiger partial charge in [0.2, 0.25) is 5.91 Å². The summed E-state index contributed by atoms with van der Waals surface area (Å²) in [5.74, 6) is -1.30. The number of carbonyl (C=O) groups is 1. The molecular weight excluding hydrogens is 284 g/mol. The third-order valence-electron chi connectivity index (χ3n) is 2.32. The number of ether oxygens (including phenoxy) is 2. The van der Waals surface area contributed by atoms with Crippen molar-refractivity contribution in [2.45, 2.75) is 0 Å². The molecule has 0 atom stereocenters. The van der Waals surface area contributed by atoms with E-state index in [9.17, 15) is 13.2 Å². The van der Waals surface area contributed by atoms with E-state index in [4.69, 9.17) is 14.7 Å². The monoisotopic (exact) mass is 298 g/mol. The van der Waals surface area contributed by atoms with Crippen LogP contribution in [0, 0.1) is 11.3 Å². The molecule has 1 amide bonds. The highest BCUT2D eigenvalue weighted by Crippen LogP contribution is 2.28. The van der Waals surface area contributed by atoms with Crippen molar-refractivity contribution in [2.75, 3.05) is 31.0 Å². The number of hydrogen-bond acceptors (Lipinski definition) is 6. The fraction of sp³-hybridized carbons (Fsp3) is 0.333. The number of amides is 1. The molecule has 108 valence electrons. The fourth-order valence-electron chi connectivity index (χ4n) is 1.44. The molecule has 1 aromatic carbocycles. The van der Waals surface area contributed by atoms with Crippen molar-refractivity contribution < 1.29 is 22.7 Å². The second kappa shape index (κ2) is 6.77. The first-order valence-corrected chi connectivity index (χ1v) is 7.33. The average molecular weight is 298 g/mol. The number of nitrogens with zero attached hydrogens (tertiary/aromatic N) is 1. The van der Waals surface area contributed by atoms with E-state index < -0.39 is 27.3 Å². The van der Waals surface area contributed by atoms with E-state index in [1.807, 2.05) is 0 Å². The van der Waals surface area contributed by atoms with Crippen LogP contribution in [0.4, 0.5) is 5.69 Å². The summed E-state index contributed by atoms with van der Waals surface area (Å²) in [6.07, 6.45) is 0. The van der Waals surface area contributed by atoms with Crippen molar-refractivity contribution >= 4 is 21.4 Å². The van der Waals surface area contributed by atoms with Crippen molar-refractivity contribution in [3.63, 3.8) is 0 Å². The molecule has 0 fully saturated rings. The number of carbonyl (C=O) groups excluding carboxylic acids is 1. The predicted octanol–water partition coefficient (Wildman–Crippen LogP) is 0.581. The Morgan fingerprint density at radius 1 is 1.35 bits per heavy atom. The van der Waals surface area contributed by atoms with Crippen LogP contribution in [0.3, 0.4) is 0 Å². The summed E-state index contributed by atoms with van der Waals surface area (Å²) in [7, 11) is -0.821. The third-order valence-corrected chi connectivity index (χ3v) is 3.59. The Balaban J connectivity index is 2.84. The van der Waals surface area contributed by atoms with Gasteiger partial charge < -0.3 is 14.8 Å². The normalized spacial score (nSPS) is 10.4. The predicted molar refractivity (Wildman–Crippen MR) is 72.4 cm³/mol. The van der Waals surface area contributed by atoms with Crippen LogP contribution < -0.4 is 14.8 Å². The number of benzene rings is 1. The maximum absolute atomic E-state index is 11.6. The number of methoxy groups -OCH3 is 2. The zero-order valence-corrected chi connectivity index (χ0v) is 11.9. The number of nitrogens with one attached hydrogen (secondary N) is 1. The summed E-state index contributed by atoms with van der Waals surface area (Å²) >= 11 is 0. The van der Waals surface area contributed by atoms with Crippen LogP contribution in [-0.4, -0.2) is 40.1 Å². The Hall–Kier alpha value is -2.27. The lowest BCUT2D eigenvalue weighted by molar-refractivity contribution is -0.113. The second-order valence-electron chi connectivity index (χ2n) is 3.80. The van der Waals surface area contributed by atoms with Crippen molar-refractivity contribution in [3.05, 3.63) is 18.2 Å². The number of anilines is 1. The van der Waals surface area contributed by atoms with Crippen molar-refractivity contribution in [3.8, 4) is 17.6 Å². The van der Waals surface area contributed by atoms with Crippen LogP contribution in [0.2, 0.25) is 0 Å². The molecular formula is C12H14N2O5S. The molecule has 0 radical (unpaired) electrons. The Morgan fingerprint density at radius 2 is 2.05 bits per heavy atom. The van der Waals surface area contributed by atoms with Crippen molar-refractivity contribution in [1.29, 1.82) is 5.26 Å². The summed E-state index contributed by atoms with van der Waals surface area (Å²) in [6.45, 7) is 0. The molecule has 0 heterocycles. The Labute approximate surface area is 117 Å². The van der Waals surface area contributed by atoms with Crippen LogP contribution in [0.25, 0.3) is 0 Å². The Kier molecular flexibility index (Phi) is 5.34. The van der Waals surface area contributed by atoms with Crippen molar-refractivity contribution in [1.82, 2.24) is 0 Å². The maximum Gasteiger partial charge on any atom is 0.239 e. The molecule has 0 aromatic heterocycles. The number of nitriles is 1. The number of rotatable bonds is 6. The fourth-order valence-corrected chi connectivity index (χ4v) is 2.21. The van der Waals surface area contributed by atoms with Crippen molar-refractivity contribution in [2.24, 2.45) is 0 Å². The highest BCUT2D eigenvalue weighted by molar-refractivity contribution is 7.92. The van der Waals surface area contributed by atoms with Gasteiger partial charge in [-0.25, -0.2) is 8.42 Å². The summed E-state index contributed by atoms with van der Waals surface area (Å²) < 4.78 is 32.8. The smallest absolute Gasteiger partial charge is 0.239 e. The number of hydrogen-bond donors (Lipinski definition) is 1. The van der Waals surface area contributed by atoms with E-state index in [1.165, 1.54) is 26.4 Å². The van der Waals surface area contributed by atoms with Gasteiger partial charge in [0, 0.05) is 6.07 Å².